The quantitative estimate of drug-likeness (QED) is 0.474. The molecule has 1 heterocycles. The van der Waals surface area contributed by atoms with E-state index in [0.717, 1.165) is 5.56 Å². The Morgan fingerprint density at radius 3 is 3.06 bits per heavy atom. The Kier molecular flexibility index (Phi) is 3.26. The van der Waals surface area contributed by atoms with Crippen LogP contribution in [0.4, 0.5) is 0 Å². The molecular formula is C11H13NO4. The van der Waals surface area contributed by atoms with Crippen molar-refractivity contribution >= 4 is 5.71 Å². The van der Waals surface area contributed by atoms with Gasteiger partial charge in [-0.15, -0.1) is 0 Å². The summed E-state index contributed by atoms with van der Waals surface area (Å²) in [7, 11) is 1.61. The van der Waals surface area contributed by atoms with Crippen LogP contribution in [0.1, 0.15) is 5.56 Å². The van der Waals surface area contributed by atoms with E-state index in [1.807, 2.05) is 18.2 Å². The first-order valence-corrected chi connectivity index (χ1v) is 4.95. The van der Waals surface area contributed by atoms with Gasteiger partial charge in [0.2, 0.25) is 0 Å². The highest BCUT2D eigenvalue weighted by Gasteiger charge is 2.24. The molecule has 86 valence electrons. The van der Waals surface area contributed by atoms with Crippen molar-refractivity contribution < 1.29 is 19.4 Å². The highest BCUT2D eigenvalue weighted by Crippen LogP contribution is 2.33. The Morgan fingerprint density at radius 2 is 2.31 bits per heavy atom. The van der Waals surface area contributed by atoms with Crippen LogP contribution in [0.15, 0.2) is 23.4 Å². The number of nitrogens with zero attached hydrogens (tertiary/aromatic N) is 1. The van der Waals surface area contributed by atoms with Gasteiger partial charge in [0.25, 0.3) is 0 Å². The third kappa shape index (κ3) is 1.94. The summed E-state index contributed by atoms with van der Waals surface area (Å²) in [6, 6.07) is 5.46. The maximum absolute atomic E-state index is 8.84. The normalized spacial score (nSPS) is 15.9. The number of benzene rings is 1. The van der Waals surface area contributed by atoms with E-state index >= 15 is 0 Å². The van der Waals surface area contributed by atoms with Crippen molar-refractivity contribution in [3.8, 4) is 11.5 Å². The molecule has 0 spiro atoms. The lowest BCUT2D eigenvalue weighted by atomic mass is 10.1. The van der Waals surface area contributed by atoms with Gasteiger partial charge in [-0.25, -0.2) is 0 Å². The standard InChI is InChI=1S/C11H13NO4/c1-14-5-6-15-9-3-2-4-10-11(9)8(12-13)7-16-10/h2-4,13H,5-7H2,1H3/b12-8+. The SMILES string of the molecule is COCCOc1cccc2c1/C(=N/O)CO2. The van der Waals surface area contributed by atoms with E-state index in [-0.39, 0.29) is 6.61 Å². The van der Waals surface area contributed by atoms with E-state index in [0.29, 0.717) is 30.4 Å². The predicted octanol–water partition coefficient (Wildman–Crippen LogP) is 1.28. The average Bonchev–Trinajstić information content (AvgIpc) is 2.73. The smallest absolute Gasteiger partial charge is 0.134 e. The molecule has 0 aromatic heterocycles. The van der Waals surface area contributed by atoms with Gasteiger partial charge in [-0.05, 0) is 12.1 Å². The maximum Gasteiger partial charge on any atom is 0.134 e. The van der Waals surface area contributed by atoms with Crippen LogP contribution in [0.25, 0.3) is 0 Å². The number of fused-ring (bicyclic) bond motifs is 1. The van der Waals surface area contributed by atoms with Crippen molar-refractivity contribution in [1.29, 1.82) is 0 Å². The minimum atomic E-state index is 0.274. The summed E-state index contributed by atoms with van der Waals surface area (Å²) in [5, 5.41) is 12.0. The second kappa shape index (κ2) is 4.85. The van der Waals surface area contributed by atoms with E-state index in [9.17, 15) is 0 Å². The van der Waals surface area contributed by atoms with Crippen LogP contribution < -0.4 is 9.47 Å². The van der Waals surface area contributed by atoms with E-state index < -0.39 is 0 Å². The highest BCUT2D eigenvalue weighted by molar-refractivity contribution is 6.08. The van der Waals surface area contributed by atoms with Crippen LogP contribution >= 0.6 is 0 Å². The summed E-state index contributed by atoms with van der Waals surface area (Å²) in [6.07, 6.45) is 0. The summed E-state index contributed by atoms with van der Waals surface area (Å²) >= 11 is 0. The molecule has 16 heavy (non-hydrogen) atoms. The average molecular weight is 223 g/mol. The first kappa shape index (κ1) is 10.8. The Morgan fingerprint density at radius 1 is 1.44 bits per heavy atom. The van der Waals surface area contributed by atoms with Gasteiger partial charge in [-0.1, -0.05) is 11.2 Å². The molecule has 5 nitrogen and oxygen atoms in total. The summed E-state index contributed by atoms with van der Waals surface area (Å²) in [5.74, 6) is 1.34. The molecule has 0 saturated carbocycles. The molecule has 0 saturated heterocycles. The molecule has 1 N–H and O–H groups in total. The van der Waals surface area contributed by atoms with Crippen LogP contribution in [-0.4, -0.2) is 37.8 Å². The number of hydrogen-bond donors (Lipinski definition) is 1. The van der Waals surface area contributed by atoms with Gasteiger partial charge in [-0.2, -0.15) is 0 Å². The Bertz CT molecular complexity index is 403. The molecule has 2 rings (SSSR count). The predicted molar refractivity (Wildman–Crippen MR) is 57.6 cm³/mol. The van der Waals surface area contributed by atoms with E-state index in [1.54, 1.807) is 7.11 Å². The van der Waals surface area contributed by atoms with Crippen LogP contribution in [0, 0.1) is 0 Å². The minimum Gasteiger partial charge on any atom is -0.490 e. The fourth-order valence-electron chi connectivity index (χ4n) is 1.57. The summed E-state index contributed by atoms with van der Waals surface area (Å²) in [6.45, 7) is 1.23. The monoisotopic (exact) mass is 223 g/mol. The first-order valence-electron chi connectivity index (χ1n) is 4.95. The Hall–Kier alpha value is -1.75. The number of ether oxygens (including phenoxy) is 3. The second-order valence-electron chi connectivity index (χ2n) is 3.31. The molecule has 5 heteroatoms. The van der Waals surface area contributed by atoms with Gasteiger partial charge >= 0.3 is 0 Å². The van der Waals surface area contributed by atoms with E-state index in [4.69, 9.17) is 19.4 Å². The Labute approximate surface area is 93.2 Å². The van der Waals surface area contributed by atoms with Crippen LogP contribution in [0.5, 0.6) is 11.5 Å². The van der Waals surface area contributed by atoms with Crippen molar-refractivity contribution in [3.63, 3.8) is 0 Å². The molecule has 0 bridgehead atoms. The lowest BCUT2D eigenvalue weighted by Gasteiger charge is -2.08. The molecule has 0 radical (unpaired) electrons. The lowest BCUT2D eigenvalue weighted by Crippen LogP contribution is -2.08. The fourth-order valence-corrected chi connectivity index (χ4v) is 1.57. The van der Waals surface area contributed by atoms with Gasteiger partial charge in [-0.3, -0.25) is 0 Å². The summed E-state index contributed by atoms with van der Waals surface area (Å²) < 4.78 is 15.8. The van der Waals surface area contributed by atoms with Gasteiger partial charge in [0.1, 0.15) is 30.4 Å². The molecule has 0 atom stereocenters. The van der Waals surface area contributed by atoms with Crippen LogP contribution in [0.2, 0.25) is 0 Å². The molecule has 0 fully saturated rings. The topological polar surface area (TPSA) is 60.3 Å². The van der Waals surface area contributed by atoms with Gasteiger partial charge in [0.15, 0.2) is 0 Å². The first-order chi connectivity index (χ1) is 7.86. The van der Waals surface area contributed by atoms with Crippen molar-refractivity contribution in [1.82, 2.24) is 0 Å². The molecule has 1 aromatic rings. The molecule has 1 aliphatic rings. The molecule has 1 aromatic carbocycles. The van der Waals surface area contributed by atoms with E-state index in [2.05, 4.69) is 5.16 Å². The molecule has 1 aliphatic heterocycles. The molecule has 0 unspecified atom stereocenters. The number of oxime groups is 1. The number of rotatable bonds is 4. The minimum absolute atomic E-state index is 0.274. The lowest BCUT2D eigenvalue weighted by molar-refractivity contribution is 0.146. The largest absolute Gasteiger partial charge is 0.490 e. The molecule has 0 aliphatic carbocycles. The van der Waals surface area contributed by atoms with Crippen molar-refractivity contribution in [2.45, 2.75) is 0 Å². The van der Waals surface area contributed by atoms with Gasteiger partial charge in [0, 0.05) is 7.11 Å². The van der Waals surface area contributed by atoms with Gasteiger partial charge < -0.3 is 19.4 Å². The Balaban J connectivity index is 2.22. The number of hydrogen-bond acceptors (Lipinski definition) is 5. The van der Waals surface area contributed by atoms with Gasteiger partial charge in [0.05, 0.1) is 12.2 Å². The highest BCUT2D eigenvalue weighted by atomic mass is 16.5. The van der Waals surface area contributed by atoms with Crippen molar-refractivity contribution in [2.24, 2.45) is 5.16 Å². The second-order valence-corrected chi connectivity index (χ2v) is 3.31. The number of methoxy groups -OCH3 is 1. The van der Waals surface area contributed by atoms with Crippen molar-refractivity contribution in [2.75, 3.05) is 26.9 Å². The van der Waals surface area contributed by atoms with Crippen molar-refractivity contribution in [3.05, 3.63) is 23.8 Å². The summed E-state index contributed by atoms with van der Waals surface area (Å²) in [5.41, 5.74) is 1.21. The fraction of sp³-hybridized carbons (Fsp3) is 0.364. The zero-order valence-corrected chi connectivity index (χ0v) is 8.97. The maximum atomic E-state index is 8.84. The van der Waals surface area contributed by atoms with Crippen LogP contribution in [-0.2, 0) is 4.74 Å². The molecular weight excluding hydrogens is 210 g/mol. The molecule has 0 amide bonds. The summed E-state index contributed by atoms with van der Waals surface area (Å²) in [4.78, 5) is 0. The zero-order chi connectivity index (χ0) is 11.4. The van der Waals surface area contributed by atoms with Crippen LogP contribution in [0.3, 0.4) is 0 Å². The zero-order valence-electron chi connectivity index (χ0n) is 8.97. The third-order valence-corrected chi connectivity index (χ3v) is 2.31. The van der Waals surface area contributed by atoms with E-state index in [1.165, 1.54) is 0 Å². The third-order valence-electron chi connectivity index (χ3n) is 2.31.